The Morgan fingerprint density at radius 3 is 2.53 bits per heavy atom. The number of rotatable bonds is 5. The van der Waals surface area contributed by atoms with Crippen LogP contribution in [0, 0.1) is 0 Å². The Labute approximate surface area is 95.9 Å². The highest BCUT2D eigenvalue weighted by molar-refractivity contribution is 6.29. The molecule has 82 valence electrons. The van der Waals surface area contributed by atoms with Gasteiger partial charge in [-0.1, -0.05) is 30.3 Å². The predicted molar refractivity (Wildman–Crippen MR) is 64.4 cm³/mol. The van der Waals surface area contributed by atoms with Gasteiger partial charge in [0.15, 0.2) is 0 Å². The van der Waals surface area contributed by atoms with Crippen molar-refractivity contribution in [3.05, 3.63) is 41.4 Å². The van der Waals surface area contributed by atoms with Crippen LogP contribution in [0.2, 0.25) is 0 Å². The summed E-state index contributed by atoms with van der Waals surface area (Å²) in [5.41, 5.74) is 1.23. The van der Waals surface area contributed by atoms with Gasteiger partial charge >= 0.3 is 0 Å². The lowest BCUT2D eigenvalue weighted by Crippen LogP contribution is -2.11. The van der Waals surface area contributed by atoms with Crippen LogP contribution in [0.4, 0.5) is 0 Å². The van der Waals surface area contributed by atoms with E-state index in [1.165, 1.54) is 5.56 Å². The van der Waals surface area contributed by atoms with Gasteiger partial charge in [0.25, 0.3) is 0 Å². The van der Waals surface area contributed by atoms with E-state index in [2.05, 4.69) is 18.8 Å². The van der Waals surface area contributed by atoms with E-state index < -0.39 is 0 Å². The Kier molecular flexibility index (Phi) is 4.66. The van der Waals surface area contributed by atoms with Crippen molar-refractivity contribution < 1.29 is 4.74 Å². The third kappa shape index (κ3) is 3.94. The van der Waals surface area contributed by atoms with E-state index >= 15 is 0 Å². The van der Waals surface area contributed by atoms with E-state index in [1.54, 1.807) is 0 Å². The molecule has 0 spiro atoms. The summed E-state index contributed by atoms with van der Waals surface area (Å²) in [6.45, 7) is 6.02. The zero-order chi connectivity index (χ0) is 11.3. The van der Waals surface area contributed by atoms with Crippen LogP contribution < -0.4 is 10.1 Å². The summed E-state index contributed by atoms with van der Waals surface area (Å²) in [5, 5.41) is 3.68. The van der Waals surface area contributed by atoms with E-state index in [1.807, 2.05) is 31.3 Å². The molecule has 1 atom stereocenters. The molecule has 0 heterocycles. The number of halogens is 1. The van der Waals surface area contributed by atoms with E-state index in [-0.39, 0.29) is 0 Å². The van der Waals surface area contributed by atoms with Crippen LogP contribution >= 0.6 is 11.6 Å². The number of hydrogen-bond donors (Lipinski definition) is 1. The molecule has 0 aliphatic carbocycles. The van der Waals surface area contributed by atoms with Gasteiger partial charge in [-0.05, 0) is 31.7 Å². The maximum atomic E-state index is 5.60. The van der Waals surface area contributed by atoms with E-state index in [4.69, 9.17) is 16.3 Å². The van der Waals surface area contributed by atoms with Gasteiger partial charge in [0.1, 0.15) is 12.4 Å². The van der Waals surface area contributed by atoms with Gasteiger partial charge in [-0.25, -0.2) is 0 Å². The smallest absolute Gasteiger partial charge is 0.123 e. The predicted octanol–water partition coefficient (Wildman–Crippen LogP) is 3.10. The van der Waals surface area contributed by atoms with Crippen molar-refractivity contribution in [1.29, 1.82) is 0 Å². The van der Waals surface area contributed by atoms with Crippen molar-refractivity contribution in [3.63, 3.8) is 0 Å². The molecular weight excluding hydrogens is 210 g/mol. The van der Waals surface area contributed by atoms with Gasteiger partial charge in [0.2, 0.25) is 0 Å². The first kappa shape index (κ1) is 12.1. The maximum Gasteiger partial charge on any atom is 0.123 e. The molecule has 3 heteroatoms. The van der Waals surface area contributed by atoms with Crippen LogP contribution in [0.1, 0.15) is 18.5 Å². The molecule has 0 fully saturated rings. The summed E-state index contributed by atoms with van der Waals surface area (Å²) < 4.78 is 5.38. The van der Waals surface area contributed by atoms with Gasteiger partial charge in [-0.3, -0.25) is 0 Å². The molecule has 1 aromatic carbocycles. The largest absolute Gasteiger partial charge is 0.488 e. The Morgan fingerprint density at radius 2 is 2.07 bits per heavy atom. The van der Waals surface area contributed by atoms with Crippen LogP contribution in [0.3, 0.4) is 0 Å². The van der Waals surface area contributed by atoms with Crippen molar-refractivity contribution in [3.8, 4) is 5.75 Å². The average Bonchev–Trinajstić information content (AvgIpc) is 2.26. The van der Waals surface area contributed by atoms with Gasteiger partial charge in [-0.2, -0.15) is 0 Å². The molecule has 1 N–H and O–H groups in total. The van der Waals surface area contributed by atoms with Gasteiger partial charge in [0.05, 0.1) is 0 Å². The second-order valence-corrected chi connectivity index (χ2v) is 3.92. The number of ether oxygens (including phenoxy) is 1. The second kappa shape index (κ2) is 5.79. The lowest BCUT2D eigenvalue weighted by molar-refractivity contribution is 0.359. The van der Waals surface area contributed by atoms with Crippen LogP contribution in [0.15, 0.2) is 35.9 Å². The minimum Gasteiger partial charge on any atom is -0.488 e. The number of hydrogen-bond acceptors (Lipinski definition) is 2. The number of benzene rings is 1. The monoisotopic (exact) mass is 225 g/mol. The first-order chi connectivity index (χ1) is 7.13. The van der Waals surface area contributed by atoms with Gasteiger partial charge in [-0.15, -0.1) is 0 Å². The Balaban J connectivity index is 2.60. The SMILES string of the molecule is C=C(Cl)COc1ccc(C(C)NC)cc1. The summed E-state index contributed by atoms with van der Waals surface area (Å²) in [4.78, 5) is 0. The minimum absolute atomic E-state index is 0.349. The normalized spacial score (nSPS) is 12.2. The quantitative estimate of drug-likeness (QED) is 0.832. The summed E-state index contributed by atoms with van der Waals surface area (Å²) in [6.07, 6.45) is 0. The van der Waals surface area contributed by atoms with Crippen molar-refractivity contribution in [2.24, 2.45) is 0 Å². The van der Waals surface area contributed by atoms with E-state index in [9.17, 15) is 0 Å². The molecule has 0 saturated heterocycles. The molecule has 1 aromatic rings. The molecule has 0 amide bonds. The van der Waals surface area contributed by atoms with Crippen LogP contribution in [-0.4, -0.2) is 13.7 Å². The molecule has 2 nitrogen and oxygen atoms in total. The highest BCUT2D eigenvalue weighted by Gasteiger charge is 2.02. The maximum absolute atomic E-state index is 5.60. The average molecular weight is 226 g/mol. The fourth-order valence-electron chi connectivity index (χ4n) is 1.18. The van der Waals surface area contributed by atoms with Crippen LogP contribution in [-0.2, 0) is 0 Å². The highest BCUT2D eigenvalue weighted by atomic mass is 35.5. The zero-order valence-corrected chi connectivity index (χ0v) is 9.84. The summed E-state index contributed by atoms with van der Waals surface area (Å²) in [5.74, 6) is 0.809. The topological polar surface area (TPSA) is 21.3 Å². The third-order valence-electron chi connectivity index (χ3n) is 2.21. The molecule has 0 bridgehead atoms. The molecule has 15 heavy (non-hydrogen) atoms. The van der Waals surface area contributed by atoms with Gasteiger partial charge < -0.3 is 10.1 Å². The molecule has 0 aliphatic rings. The van der Waals surface area contributed by atoms with Crippen LogP contribution in [0.5, 0.6) is 5.75 Å². The van der Waals surface area contributed by atoms with Crippen molar-refractivity contribution in [2.45, 2.75) is 13.0 Å². The summed E-state index contributed by atoms with van der Waals surface area (Å²) in [7, 11) is 1.94. The van der Waals surface area contributed by atoms with E-state index in [0.29, 0.717) is 17.7 Å². The summed E-state index contributed by atoms with van der Waals surface area (Å²) >= 11 is 5.60. The minimum atomic E-state index is 0.349. The fourth-order valence-corrected chi connectivity index (χ4v) is 1.24. The van der Waals surface area contributed by atoms with Crippen molar-refractivity contribution >= 4 is 11.6 Å². The zero-order valence-electron chi connectivity index (χ0n) is 9.09. The molecule has 0 aliphatic heterocycles. The molecule has 0 radical (unpaired) electrons. The molecule has 0 aromatic heterocycles. The third-order valence-corrected chi connectivity index (χ3v) is 2.32. The molecule has 1 rings (SSSR count). The standard InChI is InChI=1S/C12H16ClNO/c1-9(13)8-15-12-6-4-11(5-7-12)10(2)14-3/h4-7,10,14H,1,8H2,2-3H3. The Hall–Kier alpha value is -0.990. The van der Waals surface area contributed by atoms with Crippen LogP contribution in [0.25, 0.3) is 0 Å². The van der Waals surface area contributed by atoms with Gasteiger partial charge in [0, 0.05) is 11.1 Å². The second-order valence-electron chi connectivity index (χ2n) is 3.39. The molecule has 0 saturated carbocycles. The lowest BCUT2D eigenvalue weighted by Gasteiger charge is -2.11. The van der Waals surface area contributed by atoms with E-state index in [0.717, 1.165) is 5.75 Å². The van der Waals surface area contributed by atoms with Crippen molar-refractivity contribution in [2.75, 3.05) is 13.7 Å². The lowest BCUT2D eigenvalue weighted by atomic mass is 10.1. The summed E-state index contributed by atoms with van der Waals surface area (Å²) in [6, 6.07) is 8.29. The first-order valence-electron chi connectivity index (χ1n) is 4.86. The highest BCUT2D eigenvalue weighted by Crippen LogP contribution is 2.17. The Bertz CT molecular complexity index is 321. The van der Waals surface area contributed by atoms with Crippen molar-refractivity contribution in [1.82, 2.24) is 5.32 Å². The fraction of sp³-hybridized carbons (Fsp3) is 0.333. The first-order valence-corrected chi connectivity index (χ1v) is 5.24. The number of nitrogens with one attached hydrogen (secondary N) is 1. The molecular formula is C12H16ClNO. The molecule has 1 unspecified atom stereocenters. The Morgan fingerprint density at radius 1 is 1.47 bits per heavy atom.